The predicted octanol–water partition coefficient (Wildman–Crippen LogP) is 3.78. The molecule has 1 aliphatic rings. The number of hydrogen-bond acceptors (Lipinski definition) is 3. The number of thiol groups is 1. The fraction of sp³-hybridized carbons (Fsp3) is 1.00. The molecule has 0 amide bonds. The second kappa shape index (κ2) is 9.32. The van der Waals surface area contributed by atoms with Gasteiger partial charge in [0.1, 0.15) is 0 Å². The predicted molar refractivity (Wildman–Crippen MR) is 93.8 cm³/mol. The summed E-state index contributed by atoms with van der Waals surface area (Å²) < 4.78 is 0. The molecule has 0 bridgehead atoms. The summed E-state index contributed by atoms with van der Waals surface area (Å²) in [5.41, 5.74) is 0.451. The highest BCUT2D eigenvalue weighted by Crippen LogP contribution is 2.32. The van der Waals surface area contributed by atoms with Gasteiger partial charge in [-0.2, -0.15) is 12.6 Å². The Labute approximate surface area is 132 Å². The van der Waals surface area contributed by atoms with Crippen molar-refractivity contribution in [3.8, 4) is 0 Å². The van der Waals surface area contributed by atoms with E-state index in [0.717, 1.165) is 11.7 Å². The lowest BCUT2D eigenvalue weighted by Gasteiger charge is -2.42. The zero-order valence-electron chi connectivity index (χ0n) is 14.2. The average Bonchev–Trinajstić information content (AvgIpc) is 2.41. The molecule has 0 N–H and O–H groups in total. The average molecular weight is 301 g/mol. The first-order valence-electron chi connectivity index (χ1n) is 8.60. The van der Waals surface area contributed by atoms with Gasteiger partial charge in [-0.3, -0.25) is 0 Å². The minimum Gasteiger partial charge on any atom is -0.301 e. The Bertz CT molecular complexity index is 241. The third-order valence-corrected chi connectivity index (χ3v) is 5.21. The summed E-state index contributed by atoms with van der Waals surface area (Å²) in [6, 6.07) is 0. The van der Waals surface area contributed by atoms with Crippen LogP contribution in [0.5, 0.6) is 0 Å². The molecule has 0 aromatic carbocycles. The number of nitrogens with zero attached hydrogens (tertiary/aromatic N) is 2. The fourth-order valence-corrected chi connectivity index (χ4v) is 4.09. The van der Waals surface area contributed by atoms with Crippen molar-refractivity contribution in [1.82, 2.24) is 9.80 Å². The van der Waals surface area contributed by atoms with Crippen LogP contribution in [0.2, 0.25) is 0 Å². The maximum absolute atomic E-state index is 4.69. The van der Waals surface area contributed by atoms with Crippen LogP contribution in [0.15, 0.2) is 0 Å². The molecule has 20 heavy (non-hydrogen) atoms. The third-order valence-electron chi connectivity index (χ3n) is 4.54. The minimum atomic E-state index is 0.451. The molecule has 0 spiro atoms. The molecule has 1 saturated heterocycles. The topological polar surface area (TPSA) is 6.48 Å². The standard InChI is InChI=1S/C17H36N2S/c1-5-7-17(15-20,8-6-2)14-19-11-9-18(10-12-19)13-16(3)4/h16,20H,5-15H2,1-4H3. The Kier molecular flexibility index (Phi) is 8.54. The van der Waals surface area contributed by atoms with E-state index in [1.807, 2.05) is 0 Å². The normalized spacial score (nSPS) is 18.9. The van der Waals surface area contributed by atoms with Crippen molar-refractivity contribution in [3.05, 3.63) is 0 Å². The first-order chi connectivity index (χ1) is 9.55. The lowest BCUT2D eigenvalue weighted by Crippen LogP contribution is -2.51. The Morgan fingerprint density at radius 2 is 1.45 bits per heavy atom. The van der Waals surface area contributed by atoms with Crippen LogP contribution in [0.3, 0.4) is 0 Å². The first kappa shape index (κ1) is 18.3. The lowest BCUT2D eigenvalue weighted by molar-refractivity contribution is 0.0789. The van der Waals surface area contributed by atoms with Crippen LogP contribution in [-0.4, -0.2) is 54.8 Å². The van der Waals surface area contributed by atoms with Gasteiger partial charge in [-0.25, -0.2) is 0 Å². The molecule has 1 rings (SSSR count). The second-order valence-corrected chi connectivity index (χ2v) is 7.44. The highest BCUT2D eigenvalue weighted by atomic mass is 32.1. The van der Waals surface area contributed by atoms with E-state index in [2.05, 4.69) is 37.5 Å². The van der Waals surface area contributed by atoms with Gasteiger partial charge in [0.2, 0.25) is 0 Å². The van der Waals surface area contributed by atoms with Gasteiger partial charge in [-0.15, -0.1) is 0 Å². The molecule has 1 heterocycles. The van der Waals surface area contributed by atoms with Crippen LogP contribution in [0.25, 0.3) is 0 Å². The van der Waals surface area contributed by atoms with Crippen molar-refractivity contribution >= 4 is 12.6 Å². The van der Waals surface area contributed by atoms with E-state index >= 15 is 0 Å². The zero-order chi connectivity index (χ0) is 15.0. The van der Waals surface area contributed by atoms with Crippen molar-refractivity contribution in [2.75, 3.05) is 45.0 Å². The van der Waals surface area contributed by atoms with Gasteiger partial charge in [0.05, 0.1) is 0 Å². The summed E-state index contributed by atoms with van der Waals surface area (Å²) in [5.74, 6) is 1.83. The van der Waals surface area contributed by atoms with Gasteiger partial charge >= 0.3 is 0 Å². The van der Waals surface area contributed by atoms with Gasteiger partial charge in [0.25, 0.3) is 0 Å². The van der Waals surface area contributed by atoms with E-state index in [0.29, 0.717) is 5.41 Å². The van der Waals surface area contributed by atoms with Crippen molar-refractivity contribution in [2.24, 2.45) is 11.3 Å². The van der Waals surface area contributed by atoms with E-state index in [-0.39, 0.29) is 0 Å². The highest BCUT2D eigenvalue weighted by Gasteiger charge is 2.30. The molecule has 0 aliphatic carbocycles. The summed E-state index contributed by atoms with van der Waals surface area (Å²) in [4.78, 5) is 5.32. The van der Waals surface area contributed by atoms with Crippen molar-refractivity contribution < 1.29 is 0 Å². The Hall–Kier alpha value is 0.270. The molecular formula is C17H36N2S. The van der Waals surface area contributed by atoms with E-state index in [1.165, 1.54) is 65.0 Å². The van der Waals surface area contributed by atoms with E-state index in [1.54, 1.807) is 0 Å². The largest absolute Gasteiger partial charge is 0.301 e. The van der Waals surface area contributed by atoms with Crippen LogP contribution < -0.4 is 0 Å². The van der Waals surface area contributed by atoms with Crippen LogP contribution in [0.4, 0.5) is 0 Å². The van der Waals surface area contributed by atoms with Crippen molar-refractivity contribution in [1.29, 1.82) is 0 Å². The van der Waals surface area contributed by atoms with E-state index in [9.17, 15) is 0 Å². The molecule has 3 heteroatoms. The van der Waals surface area contributed by atoms with Crippen LogP contribution in [-0.2, 0) is 0 Å². The maximum atomic E-state index is 4.69. The molecular weight excluding hydrogens is 264 g/mol. The van der Waals surface area contributed by atoms with Crippen LogP contribution >= 0.6 is 12.6 Å². The lowest BCUT2D eigenvalue weighted by atomic mass is 9.80. The monoisotopic (exact) mass is 300 g/mol. The van der Waals surface area contributed by atoms with Gasteiger partial charge in [0.15, 0.2) is 0 Å². The van der Waals surface area contributed by atoms with Crippen molar-refractivity contribution in [2.45, 2.75) is 53.4 Å². The summed E-state index contributed by atoms with van der Waals surface area (Å²) in [7, 11) is 0. The summed E-state index contributed by atoms with van der Waals surface area (Å²) >= 11 is 4.69. The van der Waals surface area contributed by atoms with E-state index < -0.39 is 0 Å². The molecule has 2 nitrogen and oxygen atoms in total. The SMILES string of the molecule is CCCC(CS)(CCC)CN1CCN(CC(C)C)CC1. The number of piperazine rings is 1. The van der Waals surface area contributed by atoms with Gasteiger partial charge in [0, 0.05) is 39.3 Å². The summed E-state index contributed by atoms with van der Waals surface area (Å²) in [6.45, 7) is 16.8. The van der Waals surface area contributed by atoms with Gasteiger partial charge in [-0.1, -0.05) is 40.5 Å². The Morgan fingerprint density at radius 1 is 0.950 bits per heavy atom. The van der Waals surface area contributed by atoms with Gasteiger partial charge in [-0.05, 0) is 29.9 Å². The molecule has 1 fully saturated rings. The molecule has 1 aliphatic heterocycles. The number of rotatable bonds is 9. The molecule has 0 radical (unpaired) electrons. The molecule has 0 saturated carbocycles. The second-order valence-electron chi connectivity index (χ2n) is 7.13. The summed E-state index contributed by atoms with van der Waals surface area (Å²) in [6.07, 6.45) is 5.23. The van der Waals surface area contributed by atoms with Crippen molar-refractivity contribution in [3.63, 3.8) is 0 Å². The van der Waals surface area contributed by atoms with Crippen LogP contribution in [0.1, 0.15) is 53.4 Å². The molecule has 0 unspecified atom stereocenters. The zero-order valence-corrected chi connectivity index (χ0v) is 15.1. The molecule has 0 atom stereocenters. The molecule has 0 aromatic heterocycles. The summed E-state index contributed by atoms with van der Waals surface area (Å²) in [5, 5.41) is 0. The first-order valence-corrected chi connectivity index (χ1v) is 9.24. The van der Waals surface area contributed by atoms with E-state index in [4.69, 9.17) is 12.6 Å². The maximum Gasteiger partial charge on any atom is 0.0110 e. The number of hydrogen-bond donors (Lipinski definition) is 1. The smallest absolute Gasteiger partial charge is 0.0110 e. The third kappa shape index (κ3) is 5.95. The fourth-order valence-electron chi connectivity index (χ4n) is 3.67. The quantitative estimate of drug-likeness (QED) is 0.648. The molecule has 120 valence electrons. The Morgan fingerprint density at radius 3 is 1.85 bits per heavy atom. The van der Waals surface area contributed by atoms with Crippen LogP contribution in [0, 0.1) is 11.3 Å². The minimum absolute atomic E-state index is 0.451. The molecule has 0 aromatic rings. The van der Waals surface area contributed by atoms with Gasteiger partial charge < -0.3 is 9.80 Å². The highest BCUT2D eigenvalue weighted by molar-refractivity contribution is 7.80. The Balaban J connectivity index is 2.46.